The average molecular weight is 967 g/mol. The maximum Gasteiger partial charge on any atom is 0.135 e. The molecule has 0 aliphatic carbocycles. The first-order valence-corrected chi connectivity index (χ1v) is 20.5. The monoisotopic (exact) mass is 966 g/mol. The van der Waals surface area contributed by atoms with Crippen LogP contribution >= 0.6 is 0 Å². The second kappa shape index (κ2) is 15.4. The number of aromatic nitrogens is 2. The minimum Gasteiger partial charge on any atom is -0.509 e. The van der Waals surface area contributed by atoms with E-state index in [1.165, 1.54) is 27.8 Å². The quantitative estimate of drug-likeness (QED) is 0.156. The Balaban J connectivity index is 0.00000499. The largest absolute Gasteiger partial charge is 0.509 e. The van der Waals surface area contributed by atoms with E-state index in [1.807, 2.05) is 24.4 Å². The summed E-state index contributed by atoms with van der Waals surface area (Å²) < 4.78 is 8.86. The third kappa shape index (κ3) is 7.65. The molecule has 0 fully saturated rings. The van der Waals surface area contributed by atoms with Gasteiger partial charge >= 0.3 is 0 Å². The molecule has 306 valence electrons. The van der Waals surface area contributed by atoms with Gasteiger partial charge in [-0.25, -0.2) is 4.98 Å². The Morgan fingerprint density at radius 1 is 0.533 bits per heavy atom. The molecule has 8 aromatic rings. The molecular formula is C54H51N4OPt-3. The van der Waals surface area contributed by atoms with Crippen molar-refractivity contribution in [1.82, 2.24) is 9.55 Å². The second-order valence-electron chi connectivity index (χ2n) is 18.7. The van der Waals surface area contributed by atoms with Gasteiger partial charge in [0.1, 0.15) is 5.82 Å². The molecule has 6 heteroatoms. The van der Waals surface area contributed by atoms with Gasteiger partial charge < -0.3 is 19.1 Å². The molecule has 9 rings (SSSR count). The Labute approximate surface area is 369 Å². The van der Waals surface area contributed by atoms with Crippen LogP contribution in [0.1, 0.15) is 79.0 Å². The normalized spacial score (nSPS) is 13.2. The fourth-order valence-electron chi connectivity index (χ4n) is 8.00. The number of hydrogen-bond acceptors (Lipinski definition) is 4. The van der Waals surface area contributed by atoms with Crippen LogP contribution in [-0.2, 0) is 37.3 Å². The van der Waals surface area contributed by atoms with Crippen molar-refractivity contribution in [1.29, 1.82) is 0 Å². The number of ether oxygens (including phenoxy) is 1. The summed E-state index contributed by atoms with van der Waals surface area (Å²) in [5, 5.41) is 2.24. The standard InChI is InChI=1S/C54H51N4O.Pt/c1-52(2,3)37-22-25-43(36-16-11-10-12-17-36)48(30-37)57-35-56(50-31-38(53(4,5)6)23-27-47(50)57)40-18-15-19-41(33-40)59-42-24-26-45-44-20-13-14-21-46(44)58(49(45)34-42)51-32-39(28-29-55-51)54(7,8)9;/h10-32,35H,1-9H3;/q-3;. The maximum absolute atomic E-state index is 6.66. The smallest absolute Gasteiger partial charge is 0.135 e. The maximum atomic E-state index is 6.66. The van der Waals surface area contributed by atoms with Crippen molar-refractivity contribution in [3.05, 3.63) is 175 Å². The summed E-state index contributed by atoms with van der Waals surface area (Å²) in [5.41, 5.74) is 12.2. The van der Waals surface area contributed by atoms with Crippen LogP contribution in [0.2, 0.25) is 0 Å². The summed E-state index contributed by atoms with van der Waals surface area (Å²) in [6.07, 6.45) is 1.90. The predicted octanol–water partition coefficient (Wildman–Crippen LogP) is 14.5. The number of nitrogens with zero attached hydrogens (tertiary/aromatic N) is 4. The molecule has 1 aliphatic rings. The number of benzene rings is 6. The molecule has 0 saturated carbocycles. The minimum atomic E-state index is -0.0370. The van der Waals surface area contributed by atoms with Crippen molar-refractivity contribution in [2.24, 2.45) is 0 Å². The molecule has 0 radical (unpaired) electrons. The first-order chi connectivity index (χ1) is 28.1. The number of rotatable bonds is 6. The van der Waals surface area contributed by atoms with Gasteiger partial charge in [0.15, 0.2) is 0 Å². The van der Waals surface area contributed by atoms with Crippen LogP contribution in [0, 0.1) is 18.8 Å². The van der Waals surface area contributed by atoms with E-state index < -0.39 is 0 Å². The molecule has 5 nitrogen and oxygen atoms in total. The molecule has 0 saturated heterocycles. The van der Waals surface area contributed by atoms with Crippen LogP contribution in [0.4, 0.5) is 22.7 Å². The number of para-hydroxylation sites is 1. The topological polar surface area (TPSA) is 33.5 Å². The van der Waals surface area contributed by atoms with E-state index in [4.69, 9.17) is 9.72 Å². The van der Waals surface area contributed by atoms with Gasteiger partial charge in [0.05, 0.1) is 0 Å². The Morgan fingerprint density at radius 2 is 1.18 bits per heavy atom. The van der Waals surface area contributed by atoms with Crippen molar-refractivity contribution in [2.45, 2.75) is 78.6 Å². The van der Waals surface area contributed by atoms with Gasteiger partial charge in [-0.3, -0.25) is 0 Å². The molecule has 0 bridgehead atoms. The molecule has 0 atom stereocenters. The summed E-state index contributed by atoms with van der Waals surface area (Å²) in [6.45, 7) is 22.5. The van der Waals surface area contributed by atoms with Crippen molar-refractivity contribution < 1.29 is 25.8 Å². The Bertz CT molecular complexity index is 2860. The molecule has 0 unspecified atom stereocenters. The van der Waals surface area contributed by atoms with Crippen LogP contribution in [0.15, 0.2) is 140 Å². The van der Waals surface area contributed by atoms with E-state index in [1.54, 1.807) is 0 Å². The van der Waals surface area contributed by atoms with Gasteiger partial charge in [0.25, 0.3) is 0 Å². The molecule has 0 spiro atoms. The van der Waals surface area contributed by atoms with Crippen LogP contribution in [0.3, 0.4) is 0 Å². The van der Waals surface area contributed by atoms with Gasteiger partial charge in [0.2, 0.25) is 0 Å². The van der Waals surface area contributed by atoms with Crippen LogP contribution in [0.25, 0.3) is 38.8 Å². The third-order valence-electron chi connectivity index (χ3n) is 11.4. The molecule has 3 heterocycles. The zero-order valence-corrected chi connectivity index (χ0v) is 38.1. The van der Waals surface area contributed by atoms with E-state index in [0.29, 0.717) is 11.5 Å². The van der Waals surface area contributed by atoms with Gasteiger partial charge in [-0.2, -0.15) is 12.1 Å². The van der Waals surface area contributed by atoms with Crippen molar-refractivity contribution in [3.63, 3.8) is 0 Å². The van der Waals surface area contributed by atoms with Crippen LogP contribution in [-0.4, -0.2) is 9.55 Å². The third-order valence-corrected chi connectivity index (χ3v) is 11.4. The van der Waals surface area contributed by atoms with E-state index in [2.05, 4.69) is 211 Å². The number of hydrogen-bond donors (Lipinski definition) is 0. The molecule has 1 aliphatic heterocycles. The predicted molar refractivity (Wildman–Crippen MR) is 246 cm³/mol. The van der Waals surface area contributed by atoms with E-state index in [0.717, 1.165) is 50.4 Å². The van der Waals surface area contributed by atoms with E-state index >= 15 is 0 Å². The first-order valence-electron chi connectivity index (χ1n) is 20.5. The Morgan fingerprint density at radius 3 is 1.92 bits per heavy atom. The molecule has 0 N–H and O–H groups in total. The summed E-state index contributed by atoms with van der Waals surface area (Å²) >= 11 is 0. The fourth-order valence-corrected chi connectivity index (χ4v) is 8.00. The number of fused-ring (bicyclic) bond motifs is 4. The van der Waals surface area contributed by atoms with Gasteiger partial charge in [-0.1, -0.05) is 135 Å². The summed E-state index contributed by atoms with van der Waals surface area (Å²) in [4.78, 5) is 9.44. The summed E-state index contributed by atoms with van der Waals surface area (Å²) in [7, 11) is 0. The molecule has 60 heavy (non-hydrogen) atoms. The molecular weight excluding hydrogens is 916 g/mol. The van der Waals surface area contributed by atoms with E-state index in [-0.39, 0.29) is 37.3 Å². The molecule has 6 aromatic carbocycles. The second-order valence-corrected chi connectivity index (χ2v) is 18.7. The Kier molecular flexibility index (Phi) is 10.6. The molecule has 2 aromatic heterocycles. The van der Waals surface area contributed by atoms with Crippen molar-refractivity contribution in [2.75, 3.05) is 9.80 Å². The minimum absolute atomic E-state index is 0. The summed E-state index contributed by atoms with van der Waals surface area (Å²) in [5.74, 6) is 2.07. The average Bonchev–Trinajstić information content (AvgIpc) is 3.76. The first kappa shape index (κ1) is 41.1. The fraction of sp³-hybridized carbons (Fsp3) is 0.222. The zero-order chi connectivity index (χ0) is 41.3. The van der Waals surface area contributed by atoms with Crippen LogP contribution < -0.4 is 14.5 Å². The SMILES string of the molecule is CC(C)(C)c1ccnc(-n2c3[c-]c(Oc4[c-]c(N5[CH-]N(c6cc(C(C)(C)C)ccc6-c6ccccc6)c6ccc(C(C)(C)C)cc65)ccc4)ccc3c3ccccc32)c1.[Pt]. The van der Waals surface area contributed by atoms with Crippen LogP contribution in [0.5, 0.6) is 11.5 Å². The van der Waals surface area contributed by atoms with Crippen molar-refractivity contribution in [3.8, 4) is 28.4 Å². The van der Waals surface area contributed by atoms with Gasteiger partial charge in [0, 0.05) is 66.9 Å². The number of pyridine rings is 1. The number of anilines is 4. The van der Waals surface area contributed by atoms with Gasteiger partial charge in [-0.05, 0) is 80.3 Å². The van der Waals surface area contributed by atoms with Gasteiger partial charge in [-0.15, -0.1) is 48.1 Å². The van der Waals surface area contributed by atoms with E-state index in [9.17, 15) is 0 Å². The zero-order valence-electron chi connectivity index (χ0n) is 35.9. The Hall–Kier alpha value is -5.64. The molecule has 0 amide bonds. The summed E-state index contributed by atoms with van der Waals surface area (Å²) in [6, 6.07) is 54.7. The van der Waals surface area contributed by atoms with Crippen molar-refractivity contribution >= 4 is 44.6 Å².